The van der Waals surface area contributed by atoms with E-state index in [2.05, 4.69) is 16.6 Å². The van der Waals surface area contributed by atoms with E-state index in [4.69, 9.17) is 0 Å². The van der Waals surface area contributed by atoms with Crippen molar-refractivity contribution < 1.29 is 18.3 Å². The maximum atomic E-state index is 11.9. The number of benzene rings is 1. The van der Waals surface area contributed by atoms with E-state index in [1.54, 1.807) is 6.92 Å². The van der Waals surface area contributed by atoms with Crippen molar-refractivity contribution >= 4 is 5.78 Å². The second-order valence-corrected chi connectivity index (χ2v) is 3.25. The highest BCUT2D eigenvalue weighted by Crippen LogP contribution is 2.16. The van der Waals surface area contributed by atoms with Gasteiger partial charge in [0.2, 0.25) is 0 Å². The second kappa shape index (κ2) is 6.64. The molecule has 0 radical (unpaired) electrons. The molecule has 1 rings (SSSR count). The molecule has 0 aliphatic heterocycles. The van der Waals surface area contributed by atoms with Gasteiger partial charge in [0.15, 0.2) is 5.78 Å². The zero-order valence-corrected chi connectivity index (χ0v) is 9.37. The first-order valence-electron chi connectivity index (χ1n) is 5.11. The van der Waals surface area contributed by atoms with Gasteiger partial charge in [0.1, 0.15) is 5.75 Å². The summed E-state index contributed by atoms with van der Waals surface area (Å²) >= 11 is 0. The van der Waals surface area contributed by atoms with E-state index in [0.29, 0.717) is 18.4 Å². The predicted octanol–water partition coefficient (Wildman–Crippen LogP) is 3.27. The molecule has 1 aromatic rings. The molecule has 0 N–H and O–H groups in total. The molecule has 0 aliphatic carbocycles. The van der Waals surface area contributed by atoms with Gasteiger partial charge in [0, 0.05) is 18.4 Å². The Hall–Kier alpha value is -1.89. The van der Waals surface area contributed by atoms with Gasteiger partial charge < -0.3 is 4.74 Å². The number of hydrogen-bond donors (Lipinski definition) is 0. The number of Topliss-reactive ketones (excluding diaryl/α,β-unsaturated/α-hetero) is 1. The molecule has 0 heterocycles. The molecule has 0 saturated carbocycles. The summed E-state index contributed by atoms with van der Waals surface area (Å²) in [5.41, 5.74) is 0.476. The Balaban J connectivity index is 2.59. The van der Waals surface area contributed by atoms with Crippen molar-refractivity contribution in [2.45, 2.75) is 26.4 Å². The lowest BCUT2D eigenvalue weighted by Crippen LogP contribution is -2.03. The van der Waals surface area contributed by atoms with Crippen LogP contribution < -0.4 is 4.74 Å². The molecule has 0 atom stereocenters. The van der Waals surface area contributed by atoms with E-state index in [1.807, 2.05) is 0 Å². The Morgan fingerprint density at radius 1 is 1.35 bits per heavy atom. The summed E-state index contributed by atoms with van der Waals surface area (Å²) in [5, 5.41) is 0. The fourth-order valence-electron chi connectivity index (χ4n) is 1.27. The molecule has 0 aromatic heterocycles. The molecule has 0 aliphatic rings. The summed E-state index contributed by atoms with van der Waals surface area (Å²) in [4.78, 5) is 11.6. The maximum absolute atomic E-state index is 11.9. The monoisotopic (exact) mass is 238 g/mol. The van der Waals surface area contributed by atoms with Gasteiger partial charge in [-0.3, -0.25) is 4.79 Å². The van der Waals surface area contributed by atoms with E-state index in [-0.39, 0.29) is 11.5 Å². The fraction of sp³-hybridized carbons (Fsp3) is 0.308. The number of hydrogen-bond acceptors (Lipinski definition) is 2. The van der Waals surface area contributed by atoms with Crippen molar-refractivity contribution in [3.8, 4) is 17.6 Å². The van der Waals surface area contributed by atoms with Crippen LogP contribution >= 0.6 is 0 Å². The van der Waals surface area contributed by atoms with Crippen molar-refractivity contribution in [1.82, 2.24) is 0 Å². The van der Waals surface area contributed by atoms with E-state index in [0.717, 1.165) is 0 Å². The minimum absolute atomic E-state index is 0.0462. The maximum Gasteiger partial charge on any atom is 0.387 e. The number of ether oxygens (including phenoxy) is 1. The number of rotatable bonds is 5. The normalized spacial score (nSPS) is 9.65. The minimum atomic E-state index is -2.85. The van der Waals surface area contributed by atoms with Crippen LogP contribution in [0.1, 0.15) is 30.1 Å². The molecule has 4 heteroatoms. The zero-order valence-electron chi connectivity index (χ0n) is 9.37. The number of carbonyl (C=O) groups excluding carboxylic acids is 1. The highest BCUT2D eigenvalue weighted by atomic mass is 19.3. The van der Waals surface area contributed by atoms with Crippen molar-refractivity contribution in [1.29, 1.82) is 0 Å². The Morgan fingerprint density at radius 2 is 2.00 bits per heavy atom. The summed E-state index contributed by atoms with van der Waals surface area (Å²) < 4.78 is 27.9. The van der Waals surface area contributed by atoms with Crippen LogP contribution in [0.4, 0.5) is 8.78 Å². The largest absolute Gasteiger partial charge is 0.435 e. The number of carbonyl (C=O) groups is 1. The third kappa shape index (κ3) is 4.64. The molecule has 0 unspecified atom stereocenters. The summed E-state index contributed by atoms with van der Waals surface area (Å²) in [6.45, 7) is -1.14. The van der Waals surface area contributed by atoms with Gasteiger partial charge in [-0.15, -0.1) is 11.8 Å². The highest BCUT2D eigenvalue weighted by molar-refractivity contribution is 5.96. The molecule has 0 spiro atoms. The van der Waals surface area contributed by atoms with Crippen molar-refractivity contribution in [3.63, 3.8) is 0 Å². The van der Waals surface area contributed by atoms with Crippen molar-refractivity contribution in [3.05, 3.63) is 29.8 Å². The van der Waals surface area contributed by atoms with Gasteiger partial charge in [-0.2, -0.15) is 8.78 Å². The average Bonchev–Trinajstić information content (AvgIpc) is 2.29. The fourth-order valence-corrected chi connectivity index (χ4v) is 1.27. The van der Waals surface area contributed by atoms with Gasteiger partial charge in [0.05, 0.1) is 0 Å². The summed E-state index contributed by atoms with van der Waals surface area (Å²) in [6.07, 6.45) is 0.834. The molecule has 0 saturated heterocycles. The van der Waals surface area contributed by atoms with E-state index in [1.165, 1.54) is 24.3 Å². The van der Waals surface area contributed by atoms with Crippen molar-refractivity contribution in [2.24, 2.45) is 0 Å². The quantitative estimate of drug-likeness (QED) is 0.581. The lowest BCUT2D eigenvalue weighted by Gasteiger charge is -2.04. The van der Waals surface area contributed by atoms with Crippen LogP contribution in [-0.4, -0.2) is 12.4 Å². The van der Waals surface area contributed by atoms with Crippen LogP contribution in [0, 0.1) is 11.8 Å². The SMILES string of the molecule is CC#CCCC(=O)c1ccc(OC(F)F)cc1. The smallest absolute Gasteiger partial charge is 0.387 e. The second-order valence-electron chi connectivity index (χ2n) is 3.25. The highest BCUT2D eigenvalue weighted by Gasteiger charge is 2.07. The predicted molar refractivity (Wildman–Crippen MR) is 60.1 cm³/mol. The number of alkyl halides is 2. The third-order valence-corrected chi connectivity index (χ3v) is 2.06. The van der Waals surface area contributed by atoms with Gasteiger partial charge in [0.25, 0.3) is 0 Å². The Bertz CT molecular complexity index is 427. The van der Waals surface area contributed by atoms with Crippen LogP contribution in [0.3, 0.4) is 0 Å². The van der Waals surface area contributed by atoms with Crippen LogP contribution in [0.2, 0.25) is 0 Å². The van der Waals surface area contributed by atoms with E-state index in [9.17, 15) is 13.6 Å². The lowest BCUT2D eigenvalue weighted by atomic mass is 10.1. The molecular weight excluding hydrogens is 226 g/mol. The van der Waals surface area contributed by atoms with Crippen molar-refractivity contribution in [2.75, 3.05) is 0 Å². The first-order valence-corrected chi connectivity index (χ1v) is 5.11. The first-order chi connectivity index (χ1) is 8.13. The number of halogens is 2. The lowest BCUT2D eigenvalue weighted by molar-refractivity contribution is -0.0498. The summed E-state index contributed by atoms with van der Waals surface area (Å²) in [6, 6.07) is 5.65. The van der Waals surface area contributed by atoms with E-state index >= 15 is 0 Å². The molecule has 0 amide bonds. The molecule has 90 valence electrons. The minimum Gasteiger partial charge on any atom is -0.435 e. The molecular formula is C13H12F2O2. The molecule has 1 aromatic carbocycles. The zero-order chi connectivity index (χ0) is 12.7. The van der Waals surface area contributed by atoms with Gasteiger partial charge >= 0.3 is 6.61 Å². The topological polar surface area (TPSA) is 26.3 Å². The van der Waals surface area contributed by atoms with Gasteiger partial charge in [-0.1, -0.05) is 0 Å². The Kier molecular flexibility index (Phi) is 5.15. The molecule has 0 bridgehead atoms. The average molecular weight is 238 g/mol. The van der Waals surface area contributed by atoms with Crippen LogP contribution in [0.25, 0.3) is 0 Å². The molecule has 17 heavy (non-hydrogen) atoms. The van der Waals surface area contributed by atoms with E-state index < -0.39 is 6.61 Å². The number of ketones is 1. The summed E-state index contributed by atoms with van der Waals surface area (Å²) in [7, 11) is 0. The third-order valence-electron chi connectivity index (χ3n) is 2.06. The summed E-state index contributed by atoms with van der Waals surface area (Å²) in [5.74, 6) is 5.48. The van der Waals surface area contributed by atoms with Gasteiger partial charge in [-0.25, -0.2) is 0 Å². The Labute approximate surface area is 98.6 Å². The van der Waals surface area contributed by atoms with Crippen LogP contribution in [0.5, 0.6) is 5.75 Å². The Morgan fingerprint density at radius 3 is 2.53 bits per heavy atom. The molecule has 2 nitrogen and oxygen atoms in total. The first kappa shape index (κ1) is 13.2. The standard InChI is InChI=1S/C13H12F2O2/c1-2-3-4-5-12(16)10-6-8-11(9-7-10)17-13(14)15/h6-9,13H,4-5H2,1H3. The van der Waals surface area contributed by atoms with Crippen LogP contribution in [-0.2, 0) is 0 Å². The molecule has 0 fully saturated rings. The van der Waals surface area contributed by atoms with Gasteiger partial charge in [-0.05, 0) is 31.2 Å². The van der Waals surface area contributed by atoms with Crippen LogP contribution in [0.15, 0.2) is 24.3 Å².